The fourth-order valence-corrected chi connectivity index (χ4v) is 18.3. The Bertz CT molecular complexity index is 292. The van der Waals surface area contributed by atoms with E-state index >= 15 is 0 Å². The van der Waals surface area contributed by atoms with E-state index in [1.807, 2.05) is 7.11 Å². The van der Waals surface area contributed by atoms with Crippen molar-refractivity contribution >= 4 is 18.4 Å². The van der Waals surface area contributed by atoms with Crippen LogP contribution in [0.25, 0.3) is 0 Å². The summed E-state index contributed by atoms with van der Waals surface area (Å²) in [6, 6.07) is 0. The molecule has 1 nitrogen and oxygen atoms in total. The minimum absolute atomic E-state index is 0.363. The monoisotopic (exact) mass is 474 g/mol. The number of ether oxygens (including phenoxy) is 1. The van der Waals surface area contributed by atoms with Crippen LogP contribution in [0.5, 0.6) is 0 Å². The van der Waals surface area contributed by atoms with Crippen molar-refractivity contribution in [2.45, 2.75) is 131 Å². The van der Waals surface area contributed by atoms with Crippen LogP contribution in [-0.2, 0) is 4.74 Å². The first-order chi connectivity index (χ1) is 12.7. The summed E-state index contributed by atoms with van der Waals surface area (Å²) in [5.41, 5.74) is 0. The van der Waals surface area contributed by atoms with Gasteiger partial charge >= 0.3 is 171 Å². The van der Waals surface area contributed by atoms with Gasteiger partial charge in [0.05, 0.1) is 0 Å². The molecular weight excluding hydrogens is 423 g/mol. The van der Waals surface area contributed by atoms with Gasteiger partial charge in [-0.2, -0.15) is 0 Å². The van der Waals surface area contributed by atoms with Gasteiger partial charge in [-0.05, 0) is 0 Å². The quantitative estimate of drug-likeness (QED) is 0.135. The van der Waals surface area contributed by atoms with Gasteiger partial charge in [0.25, 0.3) is 0 Å². The Morgan fingerprint density at radius 3 is 1.58 bits per heavy atom. The molecule has 0 bridgehead atoms. The van der Waals surface area contributed by atoms with E-state index in [0.717, 1.165) is 0 Å². The van der Waals surface area contributed by atoms with Crippen LogP contribution in [0.3, 0.4) is 0 Å². The van der Waals surface area contributed by atoms with E-state index < -0.39 is 18.4 Å². The van der Waals surface area contributed by atoms with E-state index in [1.165, 1.54) is 83.5 Å². The van der Waals surface area contributed by atoms with Gasteiger partial charge in [-0.3, -0.25) is 0 Å². The molecule has 0 aromatic rings. The zero-order valence-corrected chi connectivity index (χ0v) is 21.8. The Labute approximate surface area is 170 Å². The van der Waals surface area contributed by atoms with Crippen LogP contribution < -0.4 is 0 Å². The van der Waals surface area contributed by atoms with Gasteiger partial charge in [0.2, 0.25) is 0 Å². The van der Waals surface area contributed by atoms with E-state index in [0.29, 0.717) is 6.10 Å². The summed E-state index contributed by atoms with van der Waals surface area (Å²) in [5.74, 6) is 0. The molecule has 0 aliphatic heterocycles. The third kappa shape index (κ3) is 13.6. The summed E-state index contributed by atoms with van der Waals surface area (Å²) in [6.45, 7) is 9.36. The van der Waals surface area contributed by atoms with Crippen LogP contribution in [0.2, 0.25) is 13.3 Å². The van der Waals surface area contributed by atoms with Crippen molar-refractivity contribution in [1.82, 2.24) is 0 Å². The molecule has 1 unspecified atom stereocenters. The second kappa shape index (κ2) is 18.8. The Hall–Kier alpha value is 0.499. The summed E-state index contributed by atoms with van der Waals surface area (Å²) in [5, 5.41) is 0. The molecule has 0 radical (unpaired) electrons. The van der Waals surface area contributed by atoms with Crippen molar-refractivity contribution in [3.05, 3.63) is 10.2 Å². The Kier molecular flexibility index (Phi) is 19.2. The topological polar surface area (TPSA) is 9.23 Å². The summed E-state index contributed by atoms with van der Waals surface area (Å²) >= 11 is -2.12. The van der Waals surface area contributed by atoms with Gasteiger partial charge in [-0.1, -0.05) is 0 Å². The second-order valence-corrected chi connectivity index (χ2v) is 21.4. The van der Waals surface area contributed by atoms with E-state index in [9.17, 15) is 0 Å². The van der Waals surface area contributed by atoms with Gasteiger partial charge in [0.1, 0.15) is 0 Å². The minimum atomic E-state index is -2.12. The summed E-state index contributed by atoms with van der Waals surface area (Å²) in [4.78, 5) is 0. The molecule has 0 aliphatic rings. The summed E-state index contributed by atoms with van der Waals surface area (Å²) in [6.07, 6.45) is 20.8. The average molecular weight is 473 g/mol. The van der Waals surface area contributed by atoms with Gasteiger partial charge in [0, 0.05) is 0 Å². The Balaban J connectivity index is 4.70. The van der Waals surface area contributed by atoms with Gasteiger partial charge in [-0.15, -0.1) is 0 Å². The van der Waals surface area contributed by atoms with Crippen LogP contribution >= 0.6 is 0 Å². The average Bonchev–Trinajstić information content (AvgIpc) is 2.67. The van der Waals surface area contributed by atoms with E-state index in [4.69, 9.17) is 4.74 Å². The first-order valence-electron chi connectivity index (χ1n) is 11.9. The van der Waals surface area contributed by atoms with Crippen molar-refractivity contribution in [3.63, 3.8) is 0 Å². The van der Waals surface area contributed by atoms with Crippen LogP contribution in [0.15, 0.2) is 10.2 Å². The third-order valence-corrected chi connectivity index (χ3v) is 20.0. The maximum atomic E-state index is 5.83. The molecule has 1 atom stereocenters. The molecule has 0 saturated heterocycles. The number of unbranched alkanes of at least 4 members (excludes halogenated alkanes) is 8. The maximum absolute atomic E-state index is 5.83. The number of hydrogen-bond acceptors (Lipinski definition) is 1. The van der Waals surface area contributed by atoms with Crippen molar-refractivity contribution in [3.8, 4) is 0 Å². The molecule has 156 valence electrons. The van der Waals surface area contributed by atoms with Gasteiger partial charge < -0.3 is 0 Å². The third-order valence-electron chi connectivity index (χ3n) is 5.89. The predicted octanol–water partition coefficient (Wildman–Crippen LogP) is 8.70. The van der Waals surface area contributed by atoms with Crippen LogP contribution in [0.4, 0.5) is 0 Å². The molecule has 0 aliphatic carbocycles. The molecule has 0 spiro atoms. The molecule has 0 N–H and O–H groups in total. The molecule has 0 aromatic carbocycles. The van der Waals surface area contributed by atoms with Crippen LogP contribution in [0, 0.1) is 0 Å². The van der Waals surface area contributed by atoms with E-state index in [1.54, 1.807) is 13.3 Å². The molecule has 0 aromatic heterocycles. The van der Waals surface area contributed by atoms with Crippen molar-refractivity contribution in [2.24, 2.45) is 0 Å². The first kappa shape index (κ1) is 26.5. The zero-order chi connectivity index (χ0) is 19.5. The molecule has 0 amide bonds. The van der Waals surface area contributed by atoms with Gasteiger partial charge in [0.15, 0.2) is 0 Å². The fourth-order valence-electron chi connectivity index (χ4n) is 3.94. The molecule has 2 heteroatoms. The molecule has 0 rings (SSSR count). The van der Waals surface area contributed by atoms with E-state index in [-0.39, 0.29) is 0 Å². The van der Waals surface area contributed by atoms with Crippen LogP contribution in [-0.4, -0.2) is 31.6 Å². The SMILES string of the molecule is CCCCCCCCC(/C=[CH]\[Sn]([CH2]CCC)([CH2]CCC)[CH2]CCC)OC. The van der Waals surface area contributed by atoms with Crippen molar-refractivity contribution in [1.29, 1.82) is 0 Å². The summed E-state index contributed by atoms with van der Waals surface area (Å²) in [7, 11) is 1.91. The van der Waals surface area contributed by atoms with Gasteiger partial charge in [-0.25, -0.2) is 0 Å². The molecule has 26 heavy (non-hydrogen) atoms. The standard InChI is InChI=1S/C12H23O.3C4H9.Sn/c1-4-6-7-8-9-10-11-12(5-2)13-3;3*1-3-4-2;/h2,5,12H,4,6-11H2,1,3H3;3*1,3-4H2,2H3;. The number of hydrogen-bond donors (Lipinski definition) is 0. The van der Waals surface area contributed by atoms with E-state index in [2.05, 4.69) is 37.9 Å². The van der Waals surface area contributed by atoms with Crippen molar-refractivity contribution < 1.29 is 4.74 Å². The normalized spacial score (nSPS) is 13.6. The molecule has 0 saturated carbocycles. The number of methoxy groups -OCH3 is 1. The molecular formula is C24H50OSn. The number of rotatable bonds is 19. The predicted molar refractivity (Wildman–Crippen MR) is 123 cm³/mol. The zero-order valence-electron chi connectivity index (χ0n) is 19.0. The summed E-state index contributed by atoms with van der Waals surface area (Å²) < 4.78 is 13.3. The second-order valence-electron chi connectivity index (χ2n) is 8.36. The molecule has 0 heterocycles. The van der Waals surface area contributed by atoms with Crippen molar-refractivity contribution in [2.75, 3.05) is 7.11 Å². The first-order valence-corrected chi connectivity index (χ1v) is 19.6. The van der Waals surface area contributed by atoms with Crippen LogP contribution in [0.1, 0.15) is 111 Å². The Morgan fingerprint density at radius 2 is 1.12 bits per heavy atom. The molecule has 0 fully saturated rings. The fraction of sp³-hybridized carbons (Fsp3) is 0.917. The Morgan fingerprint density at radius 1 is 0.654 bits per heavy atom.